The summed E-state index contributed by atoms with van der Waals surface area (Å²) < 4.78 is 33.4. The number of phosphoric ester groups is 1. The summed E-state index contributed by atoms with van der Waals surface area (Å²) in [5.74, 6) is 2.25. The van der Waals surface area contributed by atoms with Crippen molar-refractivity contribution in [3.63, 3.8) is 0 Å². The minimum Gasteiger partial charge on any atom is -0.386 e. The van der Waals surface area contributed by atoms with Crippen LogP contribution in [0.1, 0.15) is 101 Å². The van der Waals surface area contributed by atoms with E-state index in [2.05, 4.69) is 55.4 Å². The highest BCUT2D eigenvalue weighted by Gasteiger charge is 2.37. The first-order valence-corrected chi connectivity index (χ1v) is 14.0. The molecule has 188 valence electrons. The van der Waals surface area contributed by atoms with Gasteiger partial charge in [0, 0.05) is 0 Å². The molecular formula is C30H39O4P. The lowest BCUT2D eigenvalue weighted by Crippen LogP contribution is -2.13. The third kappa shape index (κ3) is 6.49. The van der Waals surface area contributed by atoms with Crippen molar-refractivity contribution in [1.29, 1.82) is 0 Å². The summed E-state index contributed by atoms with van der Waals surface area (Å²) in [6.45, 7) is 16.8. The van der Waals surface area contributed by atoms with Crippen molar-refractivity contribution in [2.75, 3.05) is 0 Å². The highest BCUT2D eigenvalue weighted by molar-refractivity contribution is 7.49. The van der Waals surface area contributed by atoms with Gasteiger partial charge in [-0.05, 0) is 58.1 Å². The largest absolute Gasteiger partial charge is 0.647 e. The Bertz CT molecular complexity index is 1040. The van der Waals surface area contributed by atoms with Crippen LogP contribution in [-0.2, 0) is 4.57 Å². The van der Waals surface area contributed by atoms with Gasteiger partial charge >= 0.3 is 7.82 Å². The van der Waals surface area contributed by atoms with E-state index in [0.717, 1.165) is 22.3 Å². The first-order chi connectivity index (χ1) is 16.5. The summed E-state index contributed by atoms with van der Waals surface area (Å²) in [5.41, 5.74) is 3.88. The molecule has 0 amide bonds. The van der Waals surface area contributed by atoms with E-state index in [1.54, 1.807) is 12.1 Å². The fourth-order valence-corrected chi connectivity index (χ4v) is 5.43. The molecule has 0 atom stereocenters. The van der Waals surface area contributed by atoms with E-state index in [9.17, 15) is 4.57 Å². The number of hydrogen-bond acceptors (Lipinski definition) is 4. The molecule has 0 aliphatic rings. The molecule has 0 fully saturated rings. The topological polar surface area (TPSA) is 44.8 Å². The number of phosphoric acid groups is 1. The summed E-state index contributed by atoms with van der Waals surface area (Å²) in [7, 11) is -4.15. The number of benzene rings is 3. The highest BCUT2D eigenvalue weighted by atomic mass is 31.2. The molecule has 0 radical (unpaired) electrons. The Hall–Kier alpha value is -2.71. The van der Waals surface area contributed by atoms with Crippen molar-refractivity contribution in [3.8, 4) is 17.2 Å². The van der Waals surface area contributed by atoms with Gasteiger partial charge in [-0.15, -0.1) is 0 Å². The van der Waals surface area contributed by atoms with E-state index in [1.807, 2.05) is 54.6 Å². The van der Waals surface area contributed by atoms with E-state index in [0.29, 0.717) is 17.2 Å². The maximum Gasteiger partial charge on any atom is 0.647 e. The Labute approximate surface area is 211 Å². The highest BCUT2D eigenvalue weighted by Crippen LogP contribution is 2.54. The number of hydrogen-bond donors (Lipinski definition) is 0. The van der Waals surface area contributed by atoms with Crippen molar-refractivity contribution in [1.82, 2.24) is 0 Å². The summed E-state index contributed by atoms with van der Waals surface area (Å²) in [5, 5.41) is 0. The van der Waals surface area contributed by atoms with E-state index >= 15 is 0 Å². The monoisotopic (exact) mass is 494 g/mol. The van der Waals surface area contributed by atoms with Crippen molar-refractivity contribution in [2.24, 2.45) is 0 Å². The molecule has 0 spiro atoms. The van der Waals surface area contributed by atoms with E-state index < -0.39 is 7.82 Å². The molecule has 0 N–H and O–H groups in total. The smallest absolute Gasteiger partial charge is 0.386 e. The standard InChI is InChI=1S/C30H39O4P/c1-20(2)25-16-12-17-26(21(3)4)29(25)33-35(31,32-24-14-10-9-11-15-24)34-30-27(22(5)6)18-13-19-28(30)23(7)8/h9-23H,1-8H3. The molecule has 0 bridgehead atoms. The number of rotatable bonds is 10. The molecule has 0 aromatic heterocycles. The maximum atomic E-state index is 14.6. The van der Waals surface area contributed by atoms with Crippen LogP contribution in [0.2, 0.25) is 0 Å². The van der Waals surface area contributed by atoms with Gasteiger partial charge in [0.25, 0.3) is 0 Å². The van der Waals surface area contributed by atoms with Crippen LogP contribution in [0.15, 0.2) is 66.7 Å². The lowest BCUT2D eigenvalue weighted by atomic mass is 9.94. The Balaban J connectivity index is 2.19. The van der Waals surface area contributed by atoms with Crippen molar-refractivity contribution >= 4 is 7.82 Å². The normalized spacial score (nSPS) is 12.0. The Morgan fingerprint density at radius 3 is 1.14 bits per heavy atom. The predicted octanol–water partition coefficient (Wildman–Crippen LogP) is 9.83. The predicted molar refractivity (Wildman–Crippen MR) is 145 cm³/mol. The average Bonchev–Trinajstić information content (AvgIpc) is 2.79. The maximum absolute atomic E-state index is 14.6. The van der Waals surface area contributed by atoms with Crippen LogP contribution in [0.4, 0.5) is 0 Å². The van der Waals surface area contributed by atoms with E-state index in [4.69, 9.17) is 13.6 Å². The first-order valence-electron chi connectivity index (χ1n) is 12.5. The van der Waals surface area contributed by atoms with Crippen molar-refractivity contribution in [3.05, 3.63) is 89.0 Å². The molecule has 0 heterocycles. The zero-order chi connectivity index (χ0) is 25.8. The second kappa shape index (κ2) is 11.4. The zero-order valence-electron chi connectivity index (χ0n) is 22.2. The fraction of sp³-hybridized carbons (Fsp3) is 0.400. The third-order valence-corrected chi connectivity index (χ3v) is 7.25. The van der Waals surface area contributed by atoms with Gasteiger partial charge in [0.05, 0.1) is 0 Å². The second-order valence-corrected chi connectivity index (χ2v) is 11.6. The molecule has 0 aliphatic heterocycles. The van der Waals surface area contributed by atoms with Crippen LogP contribution in [0, 0.1) is 0 Å². The van der Waals surface area contributed by atoms with Gasteiger partial charge in [-0.3, -0.25) is 0 Å². The lowest BCUT2D eigenvalue weighted by molar-refractivity contribution is 0.293. The zero-order valence-corrected chi connectivity index (χ0v) is 23.1. The fourth-order valence-electron chi connectivity index (χ4n) is 4.07. The second-order valence-electron chi connectivity index (χ2n) is 10.2. The minimum atomic E-state index is -4.15. The van der Waals surface area contributed by atoms with Crippen LogP contribution in [-0.4, -0.2) is 0 Å². The molecule has 0 saturated carbocycles. The van der Waals surface area contributed by atoms with Crippen LogP contribution < -0.4 is 13.6 Å². The Kier molecular flexibility index (Phi) is 8.72. The molecule has 0 saturated heterocycles. The molecule has 3 aromatic rings. The van der Waals surface area contributed by atoms with Crippen LogP contribution in [0.5, 0.6) is 17.2 Å². The summed E-state index contributed by atoms with van der Waals surface area (Å²) in [4.78, 5) is 0. The van der Waals surface area contributed by atoms with Gasteiger partial charge in [-0.1, -0.05) is 110 Å². The van der Waals surface area contributed by atoms with Crippen LogP contribution >= 0.6 is 7.82 Å². The third-order valence-electron chi connectivity index (χ3n) is 6.01. The molecule has 0 unspecified atom stereocenters. The van der Waals surface area contributed by atoms with Gasteiger partial charge in [-0.25, -0.2) is 0 Å². The van der Waals surface area contributed by atoms with Gasteiger partial charge in [0.15, 0.2) is 0 Å². The quantitative estimate of drug-likeness (QED) is 0.263. The summed E-state index contributed by atoms with van der Waals surface area (Å²) in [6, 6.07) is 21.2. The van der Waals surface area contributed by atoms with Crippen molar-refractivity contribution in [2.45, 2.75) is 79.1 Å². The minimum absolute atomic E-state index is 0.169. The van der Waals surface area contributed by atoms with Gasteiger partial charge in [-0.2, -0.15) is 4.57 Å². The van der Waals surface area contributed by atoms with Crippen molar-refractivity contribution < 1.29 is 18.1 Å². The van der Waals surface area contributed by atoms with Gasteiger partial charge in [0.1, 0.15) is 17.2 Å². The van der Waals surface area contributed by atoms with Gasteiger partial charge < -0.3 is 13.6 Å². The van der Waals surface area contributed by atoms with E-state index in [1.165, 1.54) is 0 Å². The van der Waals surface area contributed by atoms with Crippen LogP contribution in [0.25, 0.3) is 0 Å². The average molecular weight is 495 g/mol. The molecular weight excluding hydrogens is 455 g/mol. The summed E-state index contributed by atoms with van der Waals surface area (Å²) in [6.07, 6.45) is 0. The molecule has 3 aromatic carbocycles. The molecule has 0 aliphatic carbocycles. The number of para-hydroxylation sites is 3. The summed E-state index contributed by atoms with van der Waals surface area (Å²) >= 11 is 0. The molecule has 3 rings (SSSR count). The first kappa shape index (κ1) is 26.9. The SMILES string of the molecule is CC(C)c1cccc(C(C)C)c1OP(=O)(Oc1ccccc1)Oc1c(C(C)C)cccc1C(C)C. The Morgan fingerprint density at radius 1 is 0.486 bits per heavy atom. The van der Waals surface area contributed by atoms with E-state index in [-0.39, 0.29) is 23.7 Å². The van der Waals surface area contributed by atoms with Gasteiger partial charge in [0.2, 0.25) is 0 Å². The lowest BCUT2D eigenvalue weighted by Gasteiger charge is -2.27. The molecule has 35 heavy (non-hydrogen) atoms. The Morgan fingerprint density at radius 2 is 0.829 bits per heavy atom. The molecule has 5 heteroatoms. The molecule has 4 nitrogen and oxygen atoms in total. The van der Waals surface area contributed by atoms with Crippen LogP contribution in [0.3, 0.4) is 0 Å².